The highest BCUT2D eigenvalue weighted by Crippen LogP contribution is 2.24. The Morgan fingerprint density at radius 3 is 2.19 bits per heavy atom. The number of nitrogens with zero attached hydrogens (tertiary/aromatic N) is 1. The summed E-state index contributed by atoms with van der Waals surface area (Å²) in [5.74, 6) is 0.352. The van der Waals surface area contributed by atoms with Gasteiger partial charge in [-0.25, -0.2) is 0 Å². The minimum Gasteiger partial charge on any atom is -0.490 e. The van der Waals surface area contributed by atoms with Crippen LogP contribution >= 0.6 is 11.6 Å². The number of piperidine rings is 1. The molecule has 3 aromatic carbocycles. The summed E-state index contributed by atoms with van der Waals surface area (Å²) in [6.07, 6.45) is 1.66. The highest BCUT2D eigenvalue weighted by molar-refractivity contribution is 6.30. The fraction of sp³-hybridized carbons (Fsp3) is 0.200. The number of ether oxygens (including phenoxy) is 1. The molecule has 1 fully saturated rings. The maximum Gasteiger partial charge on any atom is 0.253 e. The zero-order chi connectivity index (χ0) is 21.8. The average molecular weight is 435 g/mol. The Balaban J connectivity index is 1.36. The van der Waals surface area contributed by atoms with Gasteiger partial charge in [0.2, 0.25) is 5.91 Å². The van der Waals surface area contributed by atoms with Gasteiger partial charge in [0.15, 0.2) is 0 Å². The molecule has 0 radical (unpaired) electrons. The van der Waals surface area contributed by atoms with Gasteiger partial charge in [0.25, 0.3) is 5.91 Å². The Morgan fingerprint density at radius 2 is 1.55 bits per heavy atom. The lowest BCUT2D eigenvalue weighted by molar-refractivity contribution is 0.0595. The minimum atomic E-state index is -0.461. The van der Waals surface area contributed by atoms with Gasteiger partial charge in [0.1, 0.15) is 11.9 Å². The summed E-state index contributed by atoms with van der Waals surface area (Å²) in [6.45, 7) is 1.30. The standard InChI is InChI=1S/C25H23ClN2O3/c26-21-8-10-22(11-9-21)31-23-12-14-28(15-13-23)25(30)18-6-4-17(5-7-18)19-2-1-3-20(16-19)24(27)29/h1-11,16,23H,12-15H2,(H2,27,29). The summed E-state index contributed by atoms with van der Waals surface area (Å²) in [6, 6.07) is 21.9. The van der Waals surface area contributed by atoms with Crippen LogP contribution in [0.1, 0.15) is 33.6 Å². The van der Waals surface area contributed by atoms with E-state index >= 15 is 0 Å². The maximum absolute atomic E-state index is 12.9. The fourth-order valence-corrected chi connectivity index (χ4v) is 3.85. The number of likely N-dealkylation sites (tertiary alicyclic amines) is 1. The third-order valence-electron chi connectivity index (χ3n) is 5.46. The molecule has 3 aromatic rings. The number of carbonyl (C=O) groups excluding carboxylic acids is 2. The topological polar surface area (TPSA) is 72.6 Å². The molecule has 0 spiro atoms. The smallest absolute Gasteiger partial charge is 0.253 e. The lowest BCUT2D eigenvalue weighted by atomic mass is 10.0. The molecule has 2 amide bonds. The summed E-state index contributed by atoms with van der Waals surface area (Å²) >= 11 is 5.91. The SMILES string of the molecule is NC(=O)c1cccc(-c2ccc(C(=O)N3CCC(Oc4ccc(Cl)cc4)CC3)cc2)c1. The van der Waals surface area contributed by atoms with Crippen molar-refractivity contribution in [2.75, 3.05) is 13.1 Å². The molecule has 1 saturated heterocycles. The number of hydrogen-bond acceptors (Lipinski definition) is 3. The Bertz CT molecular complexity index is 1070. The van der Waals surface area contributed by atoms with Crippen LogP contribution in [0.2, 0.25) is 5.02 Å². The second-order valence-electron chi connectivity index (χ2n) is 7.59. The van der Waals surface area contributed by atoms with Crippen LogP contribution in [0, 0.1) is 0 Å². The van der Waals surface area contributed by atoms with Crippen LogP contribution in [0.4, 0.5) is 0 Å². The van der Waals surface area contributed by atoms with Gasteiger partial charge in [-0.15, -0.1) is 0 Å². The molecule has 0 bridgehead atoms. The second kappa shape index (κ2) is 9.23. The molecule has 0 aromatic heterocycles. The van der Waals surface area contributed by atoms with Crippen molar-refractivity contribution in [2.45, 2.75) is 18.9 Å². The lowest BCUT2D eigenvalue weighted by Crippen LogP contribution is -2.41. The first-order chi connectivity index (χ1) is 15.0. The quantitative estimate of drug-likeness (QED) is 0.627. The average Bonchev–Trinajstić information content (AvgIpc) is 2.81. The van der Waals surface area contributed by atoms with Gasteiger partial charge in [-0.2, -0.15) is 0 Å². The van der Waals surface area contributed by atoms with Crippen LogP contribution in [0.15, 0.2) is 72.8 Å². The zero-order valence-electron chi connectivity index (χ0n) is 17.0. The Labute approximate surface area is 186 Å². The van der Waals surface area contributed by atoms with E-state index in [0.717, 1.165) is 29.7 Å². The van der Waals surface area contributed by atoms with E-state index in [1.807, 2.05) is 59.5 Å². The molecule has 0 aliphatic carbocycles. The fourth-order valence-electron chi connectivity index (χ4n) is 3.72. The minimum absolute atomic E-state index is 0.0161. The molecule has 31 heavy (non-hydrogen) atoms. The normalized spacial score (nSPS) is 14.3. The largest absolute Gasteiger partial charge is 0.490 e. The number of benzene rings is 3. The van der Waals surface area contributed by atoms with Gasteiger partial charge < -0.3 is 15.4 Å². The number of nitrogens with two attached hydrogens (primary N) is 1. The van der Waals surface area contributed by atoms with Crippen LogP contribution in [0.3, 0.4) is 0 Å². The maximum atomic E-state index is 12.9. The van der Waals surface area contributed by atoms with Crippen molar-refractivity contribution in [3.63, 3.8) is 0 Å². The number of amides is 2. The Hall–Kier alpha value is -3.31. The van der Waals surface area contributed by atoms with Gasteiger partial charge in [-0.1, -0.05) is 35.9 Å². The van der Waals surface area contributed by atoms with Crippen molar-refractivity contribution in [1.82, 2.24) is 4.90 Å². The number of rotatable bonds is 5. The highest BCUT2D eigenvalue weighted by atomic mass is 35.5. The summed E-state index contributed by atoms with van der Waals surface area (Å²) in [7, 11) is 0. The van der Waals surface area contributed by atoms with Crippen LogP contribution in [0.5, 0.6) is 5.75 Å². The van der Waals surface area contributed by atoms with Crippen LogP contribution in [-0.4, -0.2) is 35.9 Å². The van der Waals surface area contributed by atoms with Crippen LogP contribution in [-0.2, 0) is 0 Å². The van der Waals surface area contributed by atoms with Crippen LogP contribution < -0.4 is 10.5 Å². The Morgan fingerprint density at radius 1 is 0.871 bits per heavy atom. The zero-order valence-corrected chi connectivity index (χ0v) is 17.7. The molecule has 0 saturated carbocycles. The van der Waals surface area contributed by atoms with Gasteiger partial charge >= 0.3 is 0 Å². The van der Waals surface area contributed by atoms with E-state index < -0.39 is 5.91 Å². The van der Waals surface area contributed by atoms with Crippen LogP contribution in [0.25, 0.3) is 11.1 Å². The van der Waals surface area contributed by atoms with Gasteiger partial charge in [-0.3, -0.25) is 9.59 Å². The van der Waals surface area contributed by atoms with E-state index in [1.165, 1.54) is 0 Å². The predicted octanol–water partition coefficient (Wildman–Crippen LogP) is 4.79. The molecule has 4 rings (SSSR count). The van der Waals surface area contributed by atoms with Crippen molar-refractivity contribution >= 4 is 23.4 Å². The van der Waals surface area contributed by atoms with E-state index in [0.29, 0.717) is 29.2 Å². The highest BCUT2D eigenvalue weighted by Gasteiger charge is 2.24. The third-order valence-corrected chi connectivity index (χ3v) is 5.71. The van der Waals surface area contributed by atoms with Gasteiger partial charge in [0, 0.05) is 42.1 Å². The number of hydrogen-bond donors (Lipinski definition) is 1. The lowest BCUT2D eigenvalue weighted by Gasteiger charge is -2.32. The van der Waals surface area contributed by atoms with Crippen molar-refractivity contribution in [1.29, 1.82) is 0 Å². The first-order valence-corrected chi connectivity index (χ1v) is 10.6. The van der Waals surface area contributed by atoms with E-state index in [2.05, 4.69) is 0 Å². The number of halogens is 1. The molecular weight excluding hydrogens is 412 g/mol. The van der Waals surface area contributed by atoms with Crippen molar-refractivity contribution in [3.8, 4) is 16.9 Å². The number of primary amides is 1. The second-order valence-corrected chi connectivity index (χ2v) is 8.02. The Kier molecular flexibility index (Phi) is 6.23. The molecule has 0 unspecified atom stereocenters. The third kappa shape index (κ3) is 5.06. The summed E-state index contributed by atoms with van der Waals surface area (Å²) in [5.41, 5.74) is 8.28. The molecule has 0 atom stereocenters. The van der Waals surface area contributed by atoms with E-state index in [9.17, 15) is 9.59 Å². The summed E-state index contributed by atoms with van der Waals surface area (Å²) < 4.78 is 6.01. The van der Waals surface area contributed by atoms with Crippen molar-refractivity contribution in [2.24, 2.45) is 5.73 Å². The summed E-state index contributed by atoms with van der Waals surface area (Å²) in [4.78, 5) is 26.2. The predicted molar refractivity (Wildman–Crippen MR) is 121 cm³/mol. The molecular formula is C25H23ClN2O3. The molecule has 1 heterocycles. The molecule has 158 valence electrons. The molecule has 6 heteroatoms. The van der Waals surface area contributed by atoms with Gasteiger partial charge in [0.05, 0.1) is 0 Å². The summed E-state index contributed by atoms with van der Waals surface area (Å²) in [5, 5.41) is 0.680. The van der Waals surface area contributed by atoms with E-state index in [1.54, 1.807) is 18.2 Å². The van der Waals surface area contributed by atoms with Crippen molar-refractivity contribution in [3.05, 3.63) is 88.9 Å². The number of carbonyl (C=O) groups is 2. The molecule has 5 nitrogen and oxygen atoms in total. The first kappa shape index (κ1) is 20.9. The molecule has 1 aliphatic rings. The molecule has 1 aliphatic heterocycles. The van der Waals surface area contributed by atoms with Crippen molar-refractivity contribution < 1.29 is 14.3 Å². The first-order valence-electron chi connectivity index (χ1n) is 10.2. The van der Waals surface area contributed by atoms with E-state index in [4.69, 9.17) is 22.1 Å². The monoisotopic (exact) mass is 434 g/mol. The van der Waals surface area contributed by atoms with Gasteiger partial charge in [-0.05, 0) is 59.7 Å². The molecule has 2 N–H and O–H groups in total. The van der Waals surface area contributed by atoms with E-state index in [-0.39, 0.29) is 12.0 Å².